The molecule has 1 N–H and O–H groups in total. The number of hydrogen-bond acceptors (Lipinski definition) is 5. The number of carbonyl (C=O) groups excluding carboxylic acids is 2. The van der Waals surface area contributed by atoms with Crippen molar-refractivity contribution in [3.8, 4) is 11.5 Å². The van der Waals surface area contributed by atoms with Gasteiger partial charge in [-0.1, -0.05) is 66.7 Å². The first-order valence-electron chi connectivity index (χ1n) is 14.4. The molecule has 7 rings (SSSR count). The first-order valence-corrected chi connectivity index (χ1v) is 14.4. The van der Waals surface area contributed by atoms with Crippen molar-refractivity contribution in [2.45, 2.75) is 25.0 Å². The van der Waals surface area contributed by atoms with Crippen molar-refractivity contribution < 1.29 is 23.5 Å². The molecule has 208 valence electrons. The van der Waals surface area contributed by atoms with Gasteiger partial charge in [0.2, 0.25) is 5.78 Å². The van der Waals surface area contributed by atoms with Crippen LogP contribution in [-0.2, 0) is 9.53 Å². The Morgan fingerprint density at radius 3 is 2.00 bits per heavy atom. The fraction of sp³-hybridized carbons (Fsp3) is 0.257. The summed E-state index contributed by atoms with van der Waals surface area (Å²) in [7, 11) is 0. The van der Waals surface area contributed by atoms with Gasteiger partial charge in [0.25, 0.3) is 0 Å². The fourth-order valence-electron chi connectivity index (χ4n) is 6.15. The average molecular weight is 548 g/mol. The van der Waals surface area contributed by atoms with E-state index in [4.69, 9.17) is 9.47 Å². The number of carbonyl (C=O) groups is 2. The van der Waals surface area contributed by atoms with Gasteiger partial charge in [0.05, 0.1) is 13.1 Å². The third-order valence-corrected chi connectivity index (χ3v) is 8.40. The Hall–Kier alpha value is -4.42. The molecular formula is C35H35N2O4+. The van der Waals surface area contributed by atoms with Crippen LogP contribution in [0.15, 0.2) is 115 Å². The summed E-state index contributed by atoms with van der Waals surface area (Å²) in [5, 5.41) is 3.37. The summed E-state index contributed by atoms with van der Waals surface area (Å²) in [6.45, 7) is 2.95. The number of rotatable bonds is 10. The Balaban J connectivity index is 1.12. The highest BCUT2D eigenvalue weighted by atomic mass is 16.5. The van der Waals surface area contributed by atoms with E-state index in [1.165, 1.54) is 0 Å². The third-order valence-electron chi connectivity index (χ3n) is 8.40. The number of quaternary nitrogens is 1. The lowest BCUT2D eigenvalue weighted by molar-refractivity contribution is -0.938. The quantitative estimate of drug-likeness (QED) is 0.137. The predicted octanol–water partition coefficient (Wildman–Crippen LogP) is 6.67. The van der Waals surface area contributed by atoms with Gasteiger partial charge in [0, 0.05) is 30.0 Å². The van der Waals surface area contributed by atoms with Crippen molar-refractivity contribution in [2.24, 2.45) is 5.92 Å². The highest BCUT2D eigenvalue weighted by Crippen LogP contribution is 2.37. The zero-order valence-electron chi connectivity index (χ0n) is 23.0. The monoisotopic (exact) mass is 547 g/mol. The van der Waals surface area contributed by atoms with E-state index in [2.05, 4.69) is 5.32 Å². The number of ether oxygens (including phenoxy) is 2. The highest BCUT2D eigenvalue weighted by molar-refractivity contribution is 5.97. The van der Waals surface area contributed by atoms with Crippen molar-refractivity contribution in [2.75, 3.05) is 31.5 Å². The van der Waals surface area contributed by atoms with E-state index in [-0.39, 0.29) is 17.9 Å². The Bertz CT molecular complexity index is 1450. The smallest absolute Gasteiger partial charge is 0.333 e. The van der Waals surface area contributed by atoms with Gasteiger partial charge in [-0.05, 0) is 54.1 Å². The number of fused-ring (bicyclic) bond motifs is 3. The lowest BCUT2D eigenvalue weighted by atomic mass is 9.82. The van der Waals surface area contributed by atoms with E-state index in [0.29, 0.717) is 34.8 Å². The minimum atomic E-state index is -0.610. The molecule has 0 amide bonds. The molecule has 4 aromatic carbocycles. The number of benzene rings is 4. The number of nitrogens with zero attached hydrogens (tertiary/aromatic N) is 1. The maximum absolute atomic E-state index is 13.6. The number of esters is 1. The van der Waals surface area contributed by atoms with Crippen LogP contribution in [0.3, 0.4) is 0 Å². The zero-order chi connectivity index (χ0) is 28.1. The summed E-state index contributed by atoms with van der Waals surface area (Å²) in [6.07, 6.45) is 1.71. The molecule has 6 nitrogen and oxygen atoms in total. The van der Waals surface area contributed by atoms with Crippen LogP contribution in [0.25, 0.3) is 0 Å². The van der Waals surface area contributed by atoms with Gasteiger partial charge in [-0.3, -0.25) is 4.79 Å². The molecule has 3 saturated heterocycles. The van der Waals surface area contributed by atoms with Gasteiger partial charge in [0.1, 0.15) is 24.6 Å². The van der Waals surface area contributed by atoms with Crippen molar-refractivity contribution >= 4 is 17.4 Å². The Morgan fingerprint density at radius 2 is 1.34 bits per heavy atom. The van der Waals surface area contributed by atoms with Crippen LogP contribution >= 0.6 is 0 Å². The normalized spacial score (nSPS) is 22.0. The minimum absolute atomic E-state index is 0.106. The second kappa shape index (κ2) is 12.0. The topological polar surface area (TPSA) is 64.6 Å². The second-order valence-corrected chi connectivity index (χ2v) is 11.2. The lowest BCUT2D eigenvalue weighted by Gasteiger charge is -2.51. The SMILES string of the molecule is O=C(C[N+]12CCC(CC1)[C@@H](OC(=O)C(Nc1ccccc1)c1ccccc1)C2)c1ccc(Oc2ccccc2)cc1. The molecule has 1 unspecified atom stereocenters. The van der Waals surface area contributed by atoms with Gasteiger partial charge in [-0.25, -0.2) is 4.79 Å². The Kier molecular flexibility index (Phi) is 7.83. The van der Waals surface area contributed by atoms with Gasteiger partial charge < -0.3 is 19.3 Å². The van der Waals surface area contributed by atoms with E-state index in [1.807, 2.05) is 115 Å². The van der Waals surface area contributed by atoms with Crippen LogP contribution in [-0.4, -0.2) is 48.5 Å². The van der Waals surface area contributed by atoms with Gasteiger partial charge in [0.15, 0.2) is 12.1 Å². The summed E-state index contributed by atoms with van der Waals surface area (Å²) in [5.41, 5.74) is 2.40. The Labute approximate surface area is 241 Å². The van der Waals surface area contributed by atoms with Crippen molar-refractivity contribution in [1.29, 1.82) is 0 Å². The van der Waals surface area contributed by atoms with Crippen molar-refractivity contribution in [1.82, 2.24) is 0 Å². The largest absolute Gasteiger partial charge is 0.457 e. The van der Waals surface area contributed by atoms with Crippen LogP contribution in [0.1, 0.15) is 34.8 Å². The van der Waals surface area contributed by atoms with Crippen molar-refractivity contribution in [3.05, 3.63) is 126 Å². The molecule has 3 heterocycles. The van der Waals surface area contributed by atoms with Crippen LogP contribution < -0.4 is 10.1 Å². The minimum Gasteiger partial charge on any atom is -0.457 e. The molecule has 41 heavy (non-hydrogen) atoms. The highest BCUT2D eigenvalue weighted by Gasteiger charge is 2.49. The number of hydrogen-bond donors (Lipinski definition) is 1. The molecule has 0 aromatic heterocycles. The number of piperidine rings is 3. The summed E-state index contributed by atoms with van der Waals surface area (Å²) < 4.78 is 12.8. The number of Topliss-reactive ketones (excluding diaryl/α,β-unsaturated/α-hetero) is 1. The van der Waals surface area contributed by atoms with E-state index in [0.717, 1.165) is 42.9 Å². The molecule has 2 atom stereocenters. The molecule has 2 bridgehead atoms. The standard InChI is InChI=1S/C35H35N2O4/c38-32(26-16-18-31(19-17-26)40-30-14-8-3-9-15-30)24-37-22-20-27(21-23-37)33(25-37)41-35(39)34(28-10-4-1-5-11-28)36-29-12-6-2-7-13-29/h1-19,27,33-34,36H,20-25H2/q+1/t27?,33-,34?,37?/m0/s1. The molecule has 0 saturated carbocycles. The molecule has 6 heteroatoms. The molecule has 3 fully saturated rings. The summed E-state index contributed by atoms with van der Waals surface area (Å²) in [4.78, 5) is 27.0. The second-order valence-electron chi connectivity index (χ2n) is 11.2. The predicted molar refractivity (Wildman–Crippen MR) is 159 cm³/mol. The van der Waals surface area contributed by atoms with Gasteiger partial charge in [-0.2, -0.15) is 0 Å². The molecular weight excluding hydrogens is 512 g/mol. The third kappa shape index (κ3) is 6.34. The van der Waals surface area contributed by atoms with Crippen LogP contribution in [0.2, 0.25) is 0 Å². The van der Waals surface area contributed by atoms with Crippen LogP contribution in [0.4, 0.5) is 5.69 Å². The number of anilines is 1. The van der Waals surface area contributed by atoms with E-state index in [1.54, 1.807) is 0 Å². The number of para-hydroxylation sites is 2. The van der Waals surface area contributed by atoms with E-state index >= 15 is 0 Å². The average Bonchev–Trinajstić information content (AvgIpc) is 3.02. The van der Waals surface area contributed by atoms with Crippen LogP contribution in [0.5, 0.6) is 11.5 Å². The van der Waals surface area contributed by atoms with Gasteiger partial charge >= 0.3 is 5.97 Å². The molecule has 0 spiro atoms. The lowest BCUT2D eigenvalue weighted by Crippen LogP contribution is -2.65. The number of ketones is 1. The van der Waals surface area contributed by atoms with Gasteiger partial charge in [-0.15, -0.1) is 0 Å². The van der Waals surface area contributed by atoms with E-state index < -0.39 is 6.04 Å². The zero-order valence-corrected chi connectivity index (χ0v) is 23.0. The molecule has 4 aromatic rings. The molecule has 0 radical (unpaired) electrons. The maximum Gasteiger partial charge on any atom is 0.333 e. The van der Waals surface area contributed by atoms with Crippen LogP contribution in [0, 0.1) is 5.92 Å². The molecule has 3 aliphatic rings. The summed E-state index contributed by atoms with van der Waals surface area (Å²) in [6, 6.07) is 35.8. The Morgan fingerprint density at radius 1 is 0.756 bits per heavy atom. The number of nitrogens with one attached hydrogen (secondary N) is 1. The molecule has 3 aliphatic heterocycles. The maximum atomic E-state index is 13.6. The first-order chi connectivity index (χ1) is 20.1. The summed E-state index contributed by atoms with van der Waals surface area (Å²) >= 11 is 0. The van der Waals surface area contributed by atoms with E-state index in [9.17, 15) is 9.59 Å². The molecule has 0 aliphatic carbocycles. The first kappa shape index (κ1) is 26.8. The van der Waals surface area contributed by atoms with Crippen molar-refractivity contribution in [3.63, 3.8) is 0 Å². The summed E-state index contributed by atoms with van der Waals surface area (Å²) in [5.74, 6) is 1.61. The fourth-order valence-corrected chi connectivity index (χ4v) is 6.15.